The maximum absolute atomic E-state index is 6.02. The summed E-state index contributed by atoms with van der Waals surface area (Å²) in [5.74, 6) is 2.13. The van der Waals surface area contributed by atoms with Gasteiger partial charge in [-0.15, -0.1) is 11.6 Å². The van der Waals surface area contributed by atoms with E-state index in [1.54, 1.807) is 0 Å². The van der Waals surface area contributed by atoms with Crippen LogP contribution in [0.25, 0.3) is 0 Å². The quantitative estimate of drug-likeness (QED) is 0.631. The molecular formula is C15H23Cl. The minimum Gasteiger partial charge on any atom is -0.126 e. The molecule has 0 spiro atoms. The van der Waals surface area contributed by atoms with E-state index in [1.807, 2.05) is 0 Å². The Bertz CT molecular complexity index is 287. The Morgan fingerprint density at radius 1 is 1.06 bits per heavy atom. The number of rotatable bonds is 6. The highest BCUT2D eigenvalue weighted by atomic mass is 35.5. The van der Waals surface area contributed by atoms with Crippen LogP contribution in [0.3, 0.4) is 0 Å². The molecule has 1 unspecified atom stereocenters. The summed E-state index contributed by atoms with van der Waals surface area (Å²) in [5, 5.41) is 0. The molecule has 1 aromatic carbocycles. The van der Waals surface area contributed by atoms with Gasteiger partial charge in [-0.3, -0.25) is 0 Å². The third-order valence-electron chi connectivity index (χ3n) is 2.98. The summed E-state index contributed by atoms with van der Waals surface area (Å²) in [6.07, 6.45) is 3.45. The summed E-state index contributed by atoms with van der Waals surface area (Å²) < 4.78 is 0. The van der Waals surface area contributed by atoms with E-state index in [0.717, 1.165) is 24.6 Å². The molecule has 0 radical (unpaired) electrons. The Morgan fingerprint density at radius 3 is 2.06 bits per heavy atom. The molecule has 0 aliphatic carbocycles. The molecule has 0 saturated carbocycles. The van der Waals surface area contributed by atoms with Crippen molar-refractivity contribution in [3.63, 3.8) is 0 Å². The van der Waals surface area contributed by atoms with Gasteiger partial charge in [-0.05, 0) is 42.2 Å². The second-order valence-corrected chi connectivity index (χ2v) is 5.33. The number of benzene rings is 1. The molecule has 0 nitrogen and oxygen atoms in total. The minimum absolute atomic E-state index is 0.620. The second kappa shape index (κ2) is 6.96. The number of alkyl halides is 1. The van der Waals surface area contributed by atoms with Gasteiger partial charge in [-0.25, -0.2) is 0 Å². The molecule has 0 heterocycles. The minimum atomic E-state index is 0.620. The Labute approximate surface area is 105 Å². The van der Waals surface area contributed by atoms with Crippen molar-refractivity contribution >= 4 is 11.6 Å². The zero-order valence-electron chi connectivity index (χ0n) is 10.7. The van der Waals surface area contributed by atoms with E-state index in [1.165, 1.54) is 17.5 Å². The van der Waals surface area contributed by atoms with Gasteiger partial charge in [-0.2, -0.15) is 0 Å². The summed E-state index contributed by atoms with van der Waals surface area (Å²) in [5.41, 5.74) is 2.83. The largest absolute Gasteiger partial charge is 0.126 e. The monoisotopic (exact) mass is 238 g/mol. The lowest BCUT2D eigenvalue weighted by atomic mass is 9.92. The van der Waals surface area contributed by atoms with Crippen LogP contribution in [-0.4, -0.2) is 5.88 Å². The van der Waals surface area contributed by atoms with Crippen molar-refractivity contribution in [1.82, 2.24) is 0 Å². The molecule has 1 heteroatoms. The lowest BCUT2D eigenvalue weighted by Crippen LogP contribution is -2.09. The topological polar surface area (TPSA) is 0 Å². The predicted octanol–water partition coefficient (Wildman–Crippen LogP) is 4.69. The van der Waals surface area contributed by atoms with Crippen LogP contribution < -0.4 is 0 Å². The predicted molar refractivity (Wildman–Crippen MR) is 73.2 cm³/mol. The first kappa shape index (κ1) is 13.6. The third kappa shape index (κ3) is 4.57. The van der Waals surface area contributed by atoms with Crippen LogP contribution in [-0.2, 0) is 12.8 Å². The zero-order valence-corrected chi connectivity index (χ0v) is 11.4. The molecule has 1 atom stereocenters. The average Bonchev–Trinajstić information content (AvgIpc) is 2.28. The summed E-state index contributed by atoms with van der Waals surface area (Å²) in [6, 6.07) is 8.96. The van der Waals surface area contributed by atoms with Crippen molar-refractivity contribution in [2.45, 2.75) is 40.0 Å². The van der Waals surface area contributed by atoms with Gasteiger partial charge in [0.1, 0.15) is 0 Å². The summed E-state index contributed by atoms with van der Waals surface area (Å²) in [4.78, 5) is 0. The van der Waals surface area contributed by atoms with Gasteiger partial charge < -0.3 is 0 Å². The smallest absolute Gasteiger partial charge is 0.0255 e. The van der Waals surface area contributed by atoms with Gasteiger partial charge in [0.25, 0.3) is 0 Å². The first-order chi connectivity index (χ1) is 7.65. The van der Waals surface area contributed by atoms with E-state index in [-0.39, 0.29) is 0 Å². The van der Waals surface area contributed by atoms with Crippen LogP contribution in [0.15, 0.2) is 24.3 Å². The van der Waals surface area contributed by atoms with Crippen LogP contribution in [0.4, 0.5) is 0 Å². The highest BCUT2D eigenvalue weighted by Crippen LogP contribution is 2.19. The molecule has 1 rings (SSSR count). The number of halogens is 1. The zero-order chi connectivity index (χ0) is 12.0. The van der Waals surface area contributed by atoms with Crippen molar-refractivity contribution in [2.75, 3.05) is 5.88 Å². The Balaban J connectivity index is 2.56. The van der Waals surface area contributed by atoms with E-state index in [0.29, 0.717) is 5.92 Å². The van der Waals surface area contributed by atoms with Gasteiger partial charge in [0.15, 0.2) is 0 Å². The van der Waals surface area contributed by atoms with Crippen LogP contribution in [0.1, 0.15) is 38.3 Å². The van der Waals surface area contributed by atoms with Gasteiger partial charge in [0.2, 0.25) is 0 Å². The molecule has 0 aliphatic heterocycles. The average molecular weight is 239 g/mol. The van der Waals surface area contributed by atoms with Gasteiger partial charge in [0, 0.05) is 5.88 Å². The Morgan fingerprint density at radius 2 is 1.62 bits per heavy atom. The fourth-order valence-electron chi connectivity index (χ4n) is 2.11. The van der Waals surface area contributed by atoms with Crippen molar-refractivity contribution in [1.29, 1.82) is 0 Å². The number of aryl methyl sites for hydroxylation is 1. The SMILES string of the molecule is CCc1ccc(CC(CCl)CC(C)C)cc1. The van der Waals surface area contributed by atoms with Gasteiger partial charge >= 0.3 is 0 Å². The molecule has 0 bridgehead atoms. The van der Waals surface area contributed by atoms with Crippen LogP contribution in [0.2, 0.25) is 0 Å². The van der Waals surface area contributed by atoms with E-state index >= 15 is 0 Å². The van der Waals surface area contributed by atoms with Crippen molar-refractivity contribution < 1.29 is 0 Å². The molecule has 0 amide bonds. The van der Waals surface area contributed by atoms with Crippen LogP contribution in [0, 0.1) is 11.8 Å². The summed E-state index contributed by atoms with van der Waals surface area (Å²) in [6.45, 7) is 6.72. The Kier molecular flexibility index (Phi) is 5.90. The lowest BCUT2D eigenvalue weighted by molar-refractivity contribution is 0.441. The van der Waals surface area contributed by atoms with Crippen LogP contribution >= 0.6 is 11.6 Å². The van der Waals surface area contributed by atoms with E-state index in [2.05, 4.69) is 45.0 Å². The Hall–Kier alpha value is -0.490. The maximum Gasteiger partial charge on any atom is 0.0255 e. The molecule has 0 N–H and O–H groups in total. The third-order valence-corrected chi connectivity index (χ3v) is 3.41. The summed E-state index contributed by atoms with van der Waals surface area (Å²) in [7, 11) is 0. The number of hydrogen-bond acceptors (Lipinski definition) is 0. The highest BCUT2D eigenvalue weighted by Gasteiger charge is 2.10. The fourth-order valence-corrected chi connectivity index (χ4v) is 2.35. The fraction of sp³-hybridized carbons (Fsp3) is 0.600. The highest BCUT2D eigenvalue weighted by molar-refractivity contribution is 6.18. The molecular weight excluding hydrogens is 216 g/mol. The van der Waals surface area contributed by atoms with E-state index in [4.69, 9.17) is 11.6 Å². The first-order valence-electron chi connectivity index (χ1n) is 6.29. The lowest BCUT2D eigenvalue weighted by Gasteiger charge is -2.16. The van der Waals surface area contributed by atoms with Crippen LogP contribution in [0.5, 0.6) is 0 Å². The van der Waals surface area contributed by atoms with E-state index < -0.39 is 0 Å². The molecule has 0 aromatic heterocycles. The maximum atomic E-state index is 6.02. The first-order valence-corrected chi connectivity index (χ1v) is 6.83. The van der Waals surface area contributed by atoms with Gasteiger partial charge in [0.05, 0.1) is 0 Å². The molecule has 0 aliphatic rings. The summed E-state index contributed by atoms with van der Waals surface area (Å²) >= 11 is 6.02. The second-order valence-electron chi connectivity index (χ2n) is 5.02. The normalized spacial score (nSPS) is 13.1. The standard InChI is InChI=1S/C15H23Cl/c1-4-13-5-7-14(8-6-13)10-15(11-16)9-12(2)3/h5-8,12,15H,4,9-11H2,1-3H3. The number of hydrogen-bond donors (Lipinski definition) is 0. The van der Waals surface area contributed by atoms with Crippen molar-refractivity contribution in [3.8, 4) is 0 Å². The molecule has 0 saturated heterocycles. The van der Waals surface area contributed by atoms with Crippen molar-refractivity contribution in [3.05, 3.63) is 35.4 Å². The molecule has 1 aromatic rings. The molecule has 0 fully saturated rings. The van der Waals surface area contributed by atoms with Gasteiger partial charge in [-0.1, -0.05) is 45.0 Å². The molecule has 90 valence electrons. The van der Waals surface area contributed by atoms with Crippen molar-refractivity contribution in [2.24, 2.45) is 11.8 Å². The van der Waals surface area contributed by atoms with E-state index in [9.17, 15) is 0 Å². The molecule has 16 heavy (non-hydrogen) atoms.